The van der Waals surface area contributed by atoms with Crippen LogP contribution in [0.25, 0.3) is 16.7 Å². The van der Waals surface area contributed by atoms with Gasteiger partial charge in [-0.1, -0.05) is 42.5 Å². The fourth-order valence-corrected chi connectivity index (χ4v) is 5.50. The lowest BCUT2D eigenvalue weighted by Crippen LogP contribution is -2.79. The van der Waals surface area contributed by atoms with E-state index in [1.54, 1.807) is 18.2 Å². The molecule has 0 radical (unpaired) electrons. The van der Waals surface area contributed by atoms with Gasteiger partial charge in [-0.05, 0) is 31.5 Å². The highest BCUT2D eigenvalue weighted by atomic mass is 16.6. The maximum Gasteiger partial charge on any atom is 0.303 e. The Balaban J connectivity index is 1.71. The van der Waals surface area contributed by atoms with Crippen LogP contribution in [-0.4, -0.2) is 72.6 Å². The highest BCUT2D eigenvalue weighted by Gasteiger charge is 2.70. The van der Waals surface area contributed by atoms with Crippen LogP contribution in [0.3, 0.4) is 0 Å². The summed E-state index contributed by atoms with van der Waals surface area (Å²) in [5, 5.41) is 21.0. The number of hydrogen-bond donors (Lipinski definition) is 1. The van der Waals surface area contributed by atoms with E-state index in [4.69, 9.17) is 23.9 Å². The van der Waals surface area contributed by atoms with Crippen molar-refractivity contribution in [1.82, 2.24) is 19.6 Å². The van der Waals surface area contributed by atoms with Crippen LogP contribution in [0.4, 0.5) is 0 Å². The summed E-state index contributed by atoms with van der Waals surface area (Å²) >= 11 is 0. The maximum absolute atomic E-state index is 12.5. The second kappa shape index (κ2) is 11.1. The van der Waals surface area contributed by atoms with E-state index < -0.39 is 47.4 Å². The minimum Gasteiger partial charge on any atom is -0.463 e. The van der Waals surface area contributed by atoms with Crippen LogP contribution in [0, 0.1) is 0 Å². The molecule has 0 spiro atoms. The molecule has 2 aromatic carbocycles. The van der Waals surface area contributed by atoms with E-state index in [1.807, 2.05) is 54.6 Å². The summed E-state index contributed by atoms with van der Waals surface area (Å²) in [6, 6.07) is 17.0. The molecule has 4 atom stereocenters. The zero-order valence-corrected chi connectivity index (χ0v) is 23.9. The SMILES string of the molecule is CC(=O)OC[C@H]1OC(C)(C)[C@]1(O)[C@H](OC(C)=O)[C@@H](OC(C)=O)c1nnc2c(Cc3ccccc3)nc3ccccc3n12. The number of ether oxygens (including phenoxy) is 4. The number of aliphatic hydroxyl groups is 1. The molecule has 4 aromatic rings. The molecule has 1 aliphatic rings. The maximum atomic E-state index is 12.5. The van der Waals surface area contributed by atoms with Gasteiger partial charge in [0, 0.05) is 27.2 Å². The molecule has 0 bridgehead atoms. The number of nitrogens with zero attached hydrogens (tertiary/aromatic N) is 4. The molecule has 42 heavy (non-hydrogen) atoms. The highest BCUT2D eigenvalue weighted by Crippen LogP contribution is 2.50. The van der Waals surface area contributed by atoms with Gasteiger partial charge in [0.25, 0.3) is 0 Å². The van der Waals surface area contributed by atoms with Crippen LogP contribution in [0.5, 0.6) is 0 Å². The summed E-state index contributed by atoms with van der Waals surface area (Å²) < 4.78 is 24.2. The molecule has 220 valence electrons. The van der Waals surface area contributed by atoms with Gasteiger partial charge in [0.15, 0.2) is 23.2 Å². The topological polar surface area (TPSA) is 151 Å². The van der Waals surface area contributed by atoms with Crippen LogP contribution >= 0.6 is 0 Å². The molecule has 1 saturated heterocycles. The third-order valence-electron chi connectivity index (χ3n) is 7.42. The van der Waals surface area contributed by atoms with E-state index in [2.05, 4.69) is 10.2 Å². The van der Waals surface area contributed by atoms with Crippen molar-refractivity contribution in [2.75, 3.05) is 6.61 Å². The normalized spacial score (nSPS) is 20.9. The van der Waals surface area contributed by atoms with E-state index in [-0.39, 0.29) is 12.4 Å². The van der Waals surface area contributed by atoms with Gasteiger partial charge in [0.2, 0.25) is 6.10 Å². The van der Waals surface area contributed by atoms with Gasteiger partial charge in [-0.15, -0.1) is 10.2 Å². The molecule has 12 heteroatoms. The molecule has 0 saturated carbocycles. The number of fused-ring (bicyclic) bond motifs is 3. The number of esters is 3. The molecule has 0 aliphatic carbocycles. The Bertz CT molecular complexity index is 1650. The quantitative estimate of drug-likeness (QED) is 0.231. The summed E-state index contributed by atoms with van der Waals surface area (Å²) in [6.45, 7) is 6.46. The van der Waals surface area contributed by atoms with Gasteiger partial charge in [-0.2, -0.15) is 0 Å². The molecular weight excluding hydrogens is 544 g/mol. The van der Waals surface area contributed by atoms with Crippen molar-refractivity contribution in [2.45, 2.75) is 70.6 Å². The van der Waals surface area contributed by atoms with Crippen LogP contribution in [0.15, 0.2) is 54.6 Å². The van der Waals surface area contributed by atoms with Gasteiger partial charge >= 0.3 is 17.9 Å². The second-order valence-corrected chi connectivity index (χ2v) is 10.7. The molecule has 3 heterocycles. The van der Waals surface area contributed by atoms with Crippen LogP contribution in [-0.2, 0) is 39.8 Å². The molecule has 2 aromatic heterocycles. The Hall–Kier alpha value is -4.42. The fraction of sp³-hybridized carbons (Fsp3) is 0.400. The number of aromatic nitrogens is 4. The average Bonchev–Trinajstić information content (AvgIpc) is 3.38. The number of rotatable bonds is 9. The first-order valence-electron chi connectivity index (χ1n) is 13.5. The summed E-state index contributed by atoms with van der Waals surface area (Å²) in [7, 11) is 0. The van der Waals surface area contributed by atoms with Crippen molar-refractivity contribution in [3.8, 4) is 0 Å². The van der Waals surface area contributed by atoms with Gasteiger partial charge < -0.3 is 24.1 Å². The molecule has 5 rings (SSSR count). The van der Waals surface area contributed by atoms with E-state index in [1.165, 1.54) is 20.8 Å². The predicted molar refractivity (Wildman–Crippen MR) is 148 cm³/mol. The molecular formula is C30H32N4O8. The highest BCUT2D eigenvalue weighted by molar-refractivity contribution is 5.79. The van der Waals surface area contributed by atoms with Crippen molar-refractivity contribution < 1.29 is 38.4 Å². The zero-order valence-electron chi connectivity index (χ0n) is 23.9. The fourth-order valence-electron chi connectivity index (χ4n) is 5.50. The second-order valence-electron chi connectivity index (χ2n) is 10.7. The lowest BCUT2D eigenvalue weighted by Gasteiger charge is -2.60. The third kappa shape index (κ3) is 5.19. The Morgan fingerprint density at radius 3 is 2.26 bits per heavy atom. The molecule has 1 aliphatic heterocycles. The van der Waals surface area contributed by atoms with Crippen molar-refractivity contribution >= 4 is 34.6 Å². The zero-order chi connectivity index (χ0) is 30.2. The Labute approximate surface area is 241 Å². The van der Waals surface area contributed by atoms with E-state index in [0.717, 1.165) is 5.56 Å². The standard InChI is InChI=1S/C30H32N4O8/c1-17(35)39-16-24-30(38,29(4,5)42-24)26(41-19(3)37)25(40-18(2)36)28-33-32-27-22(15-20-11-7-6-8-12-20)31-21-13-9-10-14-23(21)34(27)28/h6-14,24-26,38H,15-16H2,1-5H3/t24-,25-,26-,30-/m1/s1. The van der Waals surface area contributed by atoms with Crippen molar-refractivity contribution in [3.05, 3.63) is 71.7 Å². The smallest absolute Gasteiger partial charge is 0.303 e. The molecule has 1 fully saturated rings. The van der Waals surface area contributed by atoms with Crippen molar-refractivity contribution in [1.29, 1.82) is 0 Å². The minimum atomic E-state index is -1.98. The molecule has 1 N–H and O–H groups in total. The minimum absolute atomic E-state index is 0.0988. The molecule has 0 amide bonds. The largest absolute Gasteiger partial charge is 0.463 e. The number of carbonyl (C=O) groups is 3. The summed E-state index contributed by atoms with van der Waals surface area (Å²) in [5.41, 5.74) is -0.0369. The first-order valence-corrected chi connectivity index (χ1v) is 13.5. The molecule has 0 unspecified atom stereocenters. The number of benzene rings is 2. The van der Waals surface area contributed by atoms with E-state index in [9.17, 15) is 19.5 Å². The lowest BCUT2D eigenvalue weighted by atomic mass is 9.69. The Morgan fingerprint density at radius 2 is 1.62 bits per heavy atom. The monoisotopic (exact) mass is 576 g/mol. The first kappa shape index (κ1) is 29.1. The van der Waals surface area contributed by atoms with Crippen LogP contribution in [0.2, 0.25) is 0 Å². The number of carbonyl (C=O) groups excluding carboxylic acids is 3. The van der Waals surface area contributed by atoms with Crippen LogP contribution in [0.1, 0.15) is 57.8 Å². The lowest BCUT2D eigenvalue weighted by molar-refractivity contribution is -0.379. The summed E-state index contributed by atoms with van der Waals surface area (Å²) in [5.74, 6) is -1.94. The first-order chi connectivity index (χ1) is 19.9. The third-order valence-corrected chi connectivity index (χ3v) is 7.42. The number of hydrogen-bond acceptors (Lipinski definition) is 11. The van der Waals surface area contributed by atoms with E-state index in [0.29, 0.717) is 28.8 Å². The summed E-state index contributed by atoms with van der Waals surface area (Å²) in [4.78, 5) is 41.4. The average molecular weight is 577 g/mol. The number of para-hydroxylation sites is 2. The van der Waals surface area contributed by atoms with Crippen molar-refractivity contribution in [2.24, 2.45) is 0 Å². The Morgan fingerprint density at radius 1 is 0.952 bits per heavy atom. The predicted octanol–water partition coefficient (Wildman–Crippen LogP) is 2.88. The Kier molecular flexibility index (Phi) is 7.69. The molecule has 12 nitrogen and oxygen atoms in total. The van der Waals surface area contributed by atoms with Gasteiger partial charge in [-0.25, -0.2) is 4.98 Å². The summed E-state index contributed by atoms with van der Waals surface area (Å²) in [6.07, 6.45) is -3.64. The van der Waals surface area contributed by atoms with Gasteiger partial charge in [0.1, 0.15) is 12.7 Å². The van der Waals surface area contributed by atoms with Gasteiger partial charge in [0.05, 0.1) is 22.3 Å². The van der Waals surface area contributed by atoms with Crippen molar-refractivity contribution in [3.63, 3.8) is 0 Å². The van der Waals surface area contributed by atoms with E-state index >= 15 is 0 Å². The van der Waals surface area contributed by atoms with Gasteiger partial charge in [-0.3, -0.25) is 18.8 Å². The van der Waals surface area contributed by atoms with Crippen LogP contribution < -0.4 is 0 Å².